The van der Waals surface area contributed by atoms with Gasteiger partial charge in [-0.05, 0) is 25.7 Å². The van der Waals surface area contributed by atoms with E-state index in [2.05, 4.69) is 20.8 Å². The van der Waals surface area contributed by atoms with Crippen LogP contribution in [0, 0.1) is 11.8 Å². The third-order valence-electron chi connectivity index (χ3n) is 3.64. The minimum Gasteiger partial charge on any atom is -0.480 e. The highest BCUT2D eigenvalue weighted by Gasteiger charge is 2.35. The normalized spacial score (nSPS) is 13.6. The second-order valence-corrected chi connectivity index (χ2v) is 5.43. The Morgan fingerprint density at radius 3 is 2.06 bits per heavy atom. The number of hydrogen-bond acceptors (Lipinski definition) is 2. The van der Waals surface area contributed by atoms with E-state index in [0.717, 1.165) is 6.42 Å². The molecular formula is C13H25NO3. The molecule has 1 N–H and O–H groups in total. The molecular weight excluding hydrogens is 218 g/mol. The fraction of sp³-hybridized carbons (Fsp3) is 0.846. The first kappa shape index (κ1) is 15.9. The monoisotopic (exact) mass is 243 g/mol. The quantitative estimate of drug-likeness (QED) is 0.779. The van der Waals surface area contributed by atoms with Crippen LogP contribution in [0.4, 0.5) is 0 Å². The summed E-state index contributed by atoms with van der Waals surface area (Å²) >= 11 is 0. The SMILES string of the molecule is CCC(CC(=O)N(C)C(C)(C)C(=O)O)C(C)C. The summed E-state index contributed by atoms with van der Waals surface area (Å²) in [7, 11) is 1.56. The molecule has 0 saturated carbocycles. The van der Waals surface area contributed by atoms with Gasteiger partial charge >= 0.3 is 5.97 Å². The summed E-state index contributed by atoms with van der Waals surface area (Å²) in [5.74, 6) is -0.330. The number of likely N-dealkylation sites (N-methyl/N-ethyl adjacent to an activating group) is 1. The Labute approximate surface area is 104 Å². The van der Waals surface area contributed by atoms with Crippen molar-refractivity contribution in [3.63, 3.8) is 0 Å². The highest BCUT2D eigenvalue weighted by Crippen LogP contribution is 2.22. The van der Waals surface area contributed by atoms with Crippen molar-refractivity contribution >= 4 is 11.9 Å². The van der Waals surface area contributed by atoms with Crippen LogP contribution in [0.5, 0.6) is 0 Å². The van der Waals surface area contributed by atoms with Crippen molar-refractivity contribution in [2.24, 2.45) is 11.8 Å². The van der Waals surface area contributed by atoms with Crippen LogP contribution < -0.4 is 0 Å². The van der Waals surface area contributed by atoms with Gasteiger partial charge in [-0.3, -0.25) is 4.79 Å². The predicted octanol–water partition coefficient (Wildman–Crippen LogP) is 2.38. The maximum atomic E-state index is 12.0. The Kier molecular flexibility index (Phi) is 5.66. The number of carbonyl (C=O) groups excluding carboxylic acids is 1. The Morgan fingerprint density at radius 1 is 1.29 bits per heavy atom. The van der Waals surface area contributed by atoms with Gasteiger partial charge in [-0.15, -0.1) is 0 Å². The second kappa shape index (κ2) is 6.03. The molecule has 0 heterocycles. The summed E-state index contributed by atoms with van der Waals surface area (Å²) in [6, 6.07) is 0. The molecule has 17 heavy (non-hydrogen) atoms. The van der Waals surface area contributed by atoms with E-state index < -0.39 is 11.5 Å². The van der Waals surface area contributed by atoms with E-state index in [-0.39, 0.29) is 5.91 Å². The molecule has 0 aliphatic heterocycles. The Hall–Kier alpha value is -1.06. The lowest BCUT2D eigenvalue weighted by Crippen LogP contribution is -2.51. The molecule has 0 aliphatic carbocycles. The summed E-state index contributed by atoms with van der Waals surface area (Å²) in [6.45, 7) is 9.32. The lowest BCUT2D eigenvalue weighted by Gasteiger charge is -2.33. The molecule has 4 heteroatoms. The maximum absolute atomic E-state index is 12.0. The first-order valence-electron chi connectivity index (χ1n) is 6.14. The third-order valence-corrected chi connectivity index (χ3v) is 3.64. The number of rotatable bonds is 6. The minimum atomic E-state index is -1.15. The van der Waals surface area contributed by atoms with Gasteiger partial charge in [-0.1, -0.05) is 27.2 Å². The highest BCUT2D eigenvalue weighted by molar-refractivity contribution is 5.86. The first-order chi connectivity index (χ1) is 7.64. The van der Waals surface area contributed by atoms with Crippen LogP contribution in [0.15, 0.2) is 0 Å². The van der Waals surface area contributed by atoms with Crippen molar-refractivity contribution in [2.45, 2.75) is 53.0 Å². The summed E-state index contributed by atoms with van der Waals surface area (Å²) in [4.78, 5) is 24.4. The van der Waals surface area contributed by atoms with Gasteiger partial charge in [0.1, 0.15) is 5.54 Å². The lowest BCUT2D eigenvalue weighted by molar-refractivity contribution is -0.155. The molecule has 0 bridgehead atoms. The molecule has 0 aromatic rings. The molecule has 1 unspecified atom stereocenters. The van der Waals surface area contributed by atoms with Crippen molar-refractivity contribution in [1.29, 1.82) is 0 Å². The summed E-state index contributed by atoms with van der Waals surface area (Å²) < 4.78 is 0. The average Bonchev–Trinajstić information content (AvgIpc) is 2.23. The van der Waals surface area contributed by atoms with Gasteiger partial charge in [0.05, 0.1) is 0 Å². The summed E-state index contributed by atoms with van der Waals surface area (Å²) in [6.07, 6.45) is 1.35. The van der Waals surface area contributed by atoms with E-state index in [9.17, 15) is 9.59 Å². The van der Waals surface area contributed by atoms with E-state index >= 15 is 0 Å². The van der Waals surface area contributed by atoms with Gasteiger partial charge in [0.2, 0.25) is 5.91 Å². The van der Waals surface area contributed by atoms with Crippen molar-refractivity contribution in [3.8, 4) is 0 Å². The molecule has 0 rings (SSSR count). The van der Waals surface area contributed by atoms with Gasteiger partial charge in [0, 0.05) is 13.5 Å². The number of carboxylic acid groups (broad SMARTS) is 1. The van der Waals surface area contributed by atoms with Gasteiger partial charge in [-0.25, -0.2) is 4.79 Å². The van der Waals surface area contributed by atoms with E-state index in [1.807, 2.05) is 0 Å². The van der Waals surface area contributed by atoms with Gasteiger partial charge < -0.3 is 10.0 Å². The van der Waals surface area contributed by atoms with Crippen LogP contribution in [0.3, 0.4) is 0 Å². The number of nitrogens with zero attached hydrogens (tertiary/aromatic N) is 1. The van der Waals surface area contributed by atoms with E-state index in [1.165, 1.54) is 4.90 Å². The van der Waals surface area contributed by atoms with Crippen molar-refractivity contribution in [2.75, 3.05) is 7.05 Å². The number of amides is 1. The zero-order valence-corrected chi connectivity index (χ0v) is 11.8. The molecule has 0 aromatic heterocycles. The minimum absolute atomic E-state index is 0.0991. The number of carbonyl (C=O) groups is 2. The average molecular weight is 243 g/mol. The molecule has 0 saturated heterocycles. The molecule has 1 amide bonds. The van der Waals surface area contributed by atoms with Crippen LogP contribution in [-0.2, 0) is 9.59 Å². The second-order valence-electron chi connectivity index (χ2n) is 5.43. The number of carboxylic acids is 1. The zero-order valence-electron chi connectivity index (χ0n) is 11.8. The smallest absolute Gasteiger partial charge is 0.329 e. The van der Waals surface area contributed by atoms with Crippen molar-refractivity contribution in [1.82, 2.24) is 4.90 Å². The van der Waals surface area contributed by atoms with E-state index in [1.54, 1.807) is 20.9 Å². The van der Waals surface area contributed by atoms with Crippen LogP contribution in [-0.4, -0.2) is 34.5 Å². The zero-order chi connectivity index (χ0) is 13.8. The standard InChI is InChI=1S/C13H25NO3/c1-7-10(9(2)3)8-11(15)14(6)13(4,5)12(16)17/h9-10H,7-8H2,1-6H3,(H,16,17). The van der Waals surface area contributed by atoms with Gasteiger partial charge in [0.15, 0.2) is 0 Å². The molecule has 4 nitrogen and oxygen atoms in total. The Bertz CT molecular complexity index is 284. The van der Waals surface area contributed by atoms with Crippen LogP contribution in [0.1, 0.15) is 47.5 Å². The molecule has 0 aliphatic rings. The summed E-state index contributed by atoms with van der Waals surface area (Å²) in [5.41, 5.74) is -1.15. The maximum Gasteiger partial charge on any atom is 0.329 e. The summed E-state index contributed by atoms with van der Waals surface area (Å²) in [5, 5.41) is 9.07. The molecule has 0 radical (unpaired) electrons. The van der Waals surface area contributed by atoms with E-state index in [0.29, 0.717) is 18.3 Å². The lowest BCUT2D eigenvalue weighted by atomic mass is 9.89. The highest BCUT2D eigenvalue weighted by atomic mass is 16.4. The largest absolute Gasteiger partial charge is 0.480 e. The van der Waals surface area contributed by atoms with Crippen LogP contribution in [0.2, 0.25) is 0 Å². The van der Waals surface area contributed by atoms with Gasteiger partial charge in [0.25, 0.3) is 0 Å². The fourth-order valence-electron chi connectivity index (χ4n) is 1.67. The van der Waals surface area contributed by atoms with Crippen molar-refractivity contribution in [3.05, 3.63) is 0 Å². The molecule has 100 valence electrons. The Balaban J connectivity index is 4.67. The molecule has 0 fully saturated rings. The van der Waals surface area contributed by atoms with Gasteiger partial charge in [-0.2, -0.15) is 0 Å². The predicted molar refractivity (Wildman–Crippen MR) is 67.7 cm³/mol. The van der Waals surface area contributed by atoms with E-state index in [4.69, 9.17) is 5.11 Å². The van der Waals surface area contributed by atoms with Crippen LogP contribution in [0.25, 0.3) is 0 Å². The topological polar surface area (TPSA) is 57.6 Å². The molecule has 0 aromatic carbocycles. The van der Waals surface area contributed by atoms with Crippen LogP contribution >= 0.6 is 0 Å². The molecule has 0 spiro atoms. The Morgan fingerprint density at radius 2 is 1.76 bits per heavy atom. The fourth-order valence-corrected chi connectivity index (χ4v) is 1.67. The first-order valence-corrected chi connectivity index (χ1v) is 6.14. The van der Waals surface area contributed by atoms with Crippen molar-refractivity contribution < 1.29 is 14.7 Å². The third kappa shape index (κ3) is 4.02. The number of hydrogen-bond donors (Lipinski definition) is 1. The molecule has 1 atom stereocenters. The number of aliphatic carboxylic acids is 1.